The topological polar surface area (TPSA) is 63.6 Å². The Labute approximate surface area is 300 Å². The monoisotopic (exact) mass is 677 g/mol. The minimum Gasteiger partial charge on any atom is -0.477 e. The Morgan fingerprint density at radius 1 is 0.375 bits per heavy atom. The van der Waals surface area contributed by atoms with Crippen LogP contribution in [0.2, 0.25) is 0 Å². The van der Waals surface area contributed by atoms with Gasteiger partial charge in [-0.3, -0.25) is 0 Å². The maximum Gasteiger partial charge on any atom is 0.344 e. The van der Waals surface area contributed by atoms with Gasteiger partial charge in [0.25, 0.3) is 0 Å². The van der Waals surface area contributed by atoms with E-state index >= 15 is 0 Å². The van der Waals surface area contributed by atoms with Crippen molar-refractivity contribution in [1.29, 1.82) is 0 Å². The first-order valence-corrected chi connectivity index (χ1v) is 21.7. The highest BCUT2D eigenvalue weighted by Gasteiger charge is 2.15. The number of hydrogen-bond acceptors (Lipinski definition) is 3. The molecule has 4 heteroatoms. The van der Waals surface area contributed by atoms with Gasteiger partial charge in [0.2, 0.25) is 0 Å². The number of carboxylic acid groups (broad SMARTS) is 1. The van der Waals surface area contributed by atoms with Crippen LogP contribution in [0.1, 0.15) is 251 Å². The molecular formula is C44H84O4. The number of aliphatic carboxylic acids is 1. The predicted octanol–water partition coefficient (Wildman–Crippen LogP) is 15.0. The van der Waals surface area contributed by atoms with Gasteiger partial charge in [-0.1, -0.05) is 251 Å². The molecule has 0 aliphatic carbocycles. The molecule has 0 fully saturated rings. The average molecular weight is 677 g/mol. The second-order valence-electron chi connectivity index (χ2n) is 15.0. The molecule has 0 aliphatic heterocycles. The van der Waals surface area contributed by atoms with Crippen LogP contribution in [-0.2, 0) is 14.3 Å². The van der Waals surface area contributed by atoms with Crippen LogP contribution in [-0.4, -0.2) is 23.7 Å². The molecule has 0 aliphatic rings. The largest absolute Gasteiger partial charge is 0.477 e. The van der Waals surface area contributed by atoms with Gasteiger partial charge < -0.3 is 9.84 Å². The number of carboxylic acids is 1. The first-order valence-electron chi connectivity index (χ1n) is 21.7. The van der Waals surface area contributed by atoms with E-state index in [0.717, 1.165) is 19.3 Å². The number of ether oxygens (including phenoxy) is 1. The Morgan fingerprint density at radius 2 is 0.562 bits per heavy atom. The lowest BCUT2D eigenvalue weighted by molar-refractivity contribution is -0.144. The van der Waals surface area contributed by atoms with Crippen molar-refractivity contribution in [1.82, 2.24) is 0 Å². The molecule has 0 heterocycles. The van der Waals surface area contributed by atoms with E-state index in [2.05, 4.69) is 13.5 Å². The molecule has 0 atom stereocenters. The summed E-state index contributed by atoms with van der Waals surface area (Å²) in [5, 5.41) is 8.69. The summed E-state index contributed by atoms with van der Waals surface area (Å²) in [6.07, 6.45) is 53.2. The smallest absolute Gasteiger partial charge is 0.344 e. The summed E-state index contributed by atoms with van der Waals surface area (Å²) in [4.78, 5) is 22.0. The van der Waals surface area contributed by atoms with Crippen molar-refractivity contribution >= 4 is 11.9 Å². The van der Waals surface area contributed by atoms with Crippen LogP contribution >= 0.6 is 0 Å². The van der Waals surface area contributed by atoms with Gasteiger partial charge >= 0.3 is 11.9 Å². The highest BCUT2D eigenvalue weighted by molar-refractivity contribution is 6.12. The van der Waals surface area contributed by atoms with E-state index in [4.69, 9.17) is 9.84 Å². The summed E-state index contributed by atoms with van der Waals surface area (Å²) in [5.41, 5.74) is -0.494. The van der Waals surface area contributed by atoms with Crippen molar-refractivity contribution in [2.24, 2.45) is 0 Å². The molecule has 284 valence electrons. The van der Waals surface area contributed by atoms with E-state index in [-0.39, 0.29) is 6.61 Å². The third-order valence-corrected chi connectivity index (χ3v) is 10.2. The van der Waals surface area contributed by atoms with Crippen molar-refractivity contribution in [3.8, 4) is 0 Å². The molecule has 48 heavy (non-hydrogen) atoms. The summed E-state index contributed by atoms with van der Waals surface area (Å²) in [6.45, 7) is 5.79. The highest BCUT2D eigenvalue weighted by Crippen LogP contribution is 2.17. The second kappa shape index (κ2) is 40.1. The molecule has 0 aromatic heterocycles. The summed E-state index contributed by atoms with van der Waals surface area (Å²) >= 11 is 0. The summed E-state index contributed by atoms with van der Waals surface area (Å²) in [7, 11) is 0. The number of hydrogen-bond donors (Lipinski definition) is 1. The van der Waals surface area contributed by atoms with E-state index in [1.54, 1.807) is 0 Å². The Kier molecular flexibility index (Phi) is 39.0. The van der Waals surface area contributed by atoms with Crippen LogP contribution in [0.15, 0.2) is 12.2 Å². The predicted molar refractivity (Wildman–Crippen MR) is 209 cm³/mol. The van der Waals surface area contributed by atoms with E-state index in [0.29, 0.717) is 0 Å². The first-order chi connectivity index (χ1) is 23.6. The molecule has 0 aromatic carbocycles. The first kappa shape index (κ1) is 46.7. The standard InChI is InChI=1S/C44H84O4/c1-3-4-5-6-7-8-9-10-11-12-13-14-15-16-17-18-19-20-21-22-23-24-25-26-27-28-29-30-31-32-33-34-35-36-37-38-39-40-41-48-44(47)42(2)43(45)46/h2-41H2,1H3,(H,45,46). The van der Waals surface area contributed by atoms with Crippen LogP contribution in [0.25, 0.3) is 0 Å². The number of carbonyl (C=O) groups excluding carboxylic acids is 1. The zero-order valence-corrected chi connectivity index (χ0v) is 32.5. The van der Waals surface area contributed by atoms with Gasteiger partial charge in [0, 0.05) is 0 Å². The fourth-order valence-electron chi connectivity index (χ4n) is 6.88. The van der Waals surface area contributed by atoms with E-state index in [9.17, 15) is 9.59 Å². The van der Waals surface area contributed by atoms with Crippen LogP contribution in [0.3, 0.4) is 0 Å². The zero-order valence-electron chi connectivity index (χ0n) is 32.5. The molecule has 0 spiro atoms. The summed E-state index contributed by atoms with van der Waals surface area (Å²) < 4.78 is 4.92. The fraction of sp³-hybridized carbons (Fsp3) is 0.909. The minimum atomic E-state index is -1.31. The van der Waals surface area contributed by atoms with Gasteiger partial charge in [-0.15, -0.1) is 0 Å². The Bertz CT molecular complexity index is 687. The molecule has 0 amide bonds. The lowest BCUT2D eigenvalue weighted by atomic mass is 10.0. The zero-order chi connectivity index (χ0) is 35.0. The van der Waals surface area contributed by atoms with Crippen molar-refractivity contribution in [2.75, 3.05) is 6.61 Å². The number of carbonyl (C=O) groups is 2. The Morgan fingerprint density at radius 3 is 0.750 bits per heavy atom. The maximum absolute atomic E-state index is 11.4. The Balaban J connectivity index is 3.10. The van der Waals surface area contributed by atoms with E-state index in [1.165, 1.54) is 225 Å². The van der Waals surface area contributed by atoms with Gasteiger partial charge in [0.15, 0.2) is 0 Å². The molecule has 0 bridgehead atoms. The van der Waals surface area contributed by atoms with Crippen LogP contribution in [0.4, 0.5) is 0 Å². The molecule has 0 rings (SSSR count). The molecule has 0 unspecified atom stereocenters. The minimum absolute atomic E-state index is 0.283. The van der Waals surface area contributed by atoms with Gasteiger partial charge in [0.1, 0.15) is 5.57 Å². The molecule has 0 saturated heterocycles. The Hall–Kier alpha value is -1.32. The van der Waals surface area contributed by atoms with Gasteiger partial charge in [0.05, 0.1) is 6.61 Å². The lowest BCUT2D eigenvalue weighted by Crippen LogP contribution is -2.14. The molecule has 0 radical (unpaired) electrons. The third kappa shape index (κ3) is 37.5. The molecule has 0 aromatic rings. The summed E-state index contributed by atoms with van der Waals surface area (Å²) in [6, 6.07) is 0. The highest BCUT2D eigenvalue weighted by atomic mass is 16.5. The number of esters is 1. The van der Waals surface area contributed by atoms with Crippen LogP contribution in [0.5, 0.6) is 0 Å². The molecule has 1 N–H and O–H groups in total. The van der Waals surface area contributed by atoms with Crippen molar-refractivity contribution < 1.29 is 19.4 Å². The normalized spacial score (nSPS) is 11.3. The molecular weight excluding hydrogens is 592 g/mol. The van der Waals surface area contributed by atoms with Gasteiger partial charge in [-0.05, 0) is 6.42 Å². The average Bonchev–Trinajstić information content (AvgIpc) is 3.08. The van der Waals surface area contributed by atoms with E-state index in [1.807, 2.05) is 0 Å². The fourth-order valence-corrected chi connectivity index (χ4v) is 6.88. The molecule has 4 nitrogen and oxygen atoms in total. The lowest BCUT2D eigenvalue weighted by Gasteiger charge is -2.05. The quantitative estimate of drug-likeness (QED) is 0.0230. The number of unbranched alkanes of at least 4 members (excludes halogenated alkanes) is 37. The third-order valence-electron chi connectivity index (χ3n) is 10.2. The van der Waals surface area contributed by atoms with Crippen molar-refractivity contribution in [3.63, 3.8) is 0 Å². The van der Waals surface area contributed by atoms with Crippen LogP contribution in [0, 0.1) is 0 Å². The maximum atomic E-state index is 11.4. The SMILES string of the molecule is C=C(C(=O)O)C(=O)OCCCCCCCCCCCCCCCCCCCCCCCCCCCCCCCCCCCCCCCC. The summed E-state index contributed by atoms with van der Waals surface area (Å²) in [5.74, 6) is -2.13. The van der Waals surface area contributed by atoms with Gasteiger partial charge in [-0.2, -0.15) is 0 Å². The molecule has 0 saturated carbocycles. The van der Waals surface area contributed by atoms with E-state index < -0.39 is 17.5 Å². The van der Waals surface area contributed by atoms with Crippen molar-refractivity contribution in [2.45, 2.75) is 251 Å². The second-order valence-corrected chi connectivity index (χ2v) is 15.0. The number of rotatable bonds is 41. The van der Waals surface area contributed by atoms with Crippen LogP contribution < -0.4 is 0 Å². The van der Waals surface area contributed by atoms with Gasteiger partial charge in [-0.25, -0.2) is 9.59 Å². The van der Waals surface area contributed by atoms with Crippen molar-refractivity contribution in [3.05, 3.63) is 12.2 Å².